The van der Waals surface area contributed by atoms with E-state index in [4.69, 9.17) is 0 Å². The number of nitrogens with one attached hydrogen (secondary N) is 3. The lowest BCUT2D eigenvalue weighted by molar-refractivity contribution is -0.862. The van der Waals surface area contributed by atoms with Gasteiger partial charge >= 0.3 is 6.18 Å². The topological polar surface area (TPSA) is 65.9 Å². The number of carbonyl (C=O) groups is 2. The first-order chi connectivity index (χ1) is 13.8. The van der Waals surface area contributed by atoms with Gasteiger partial charge in [0.05, 0.1) is 24.0 Å². The Morgan fingerprint density at radius 1 is 1.03 bits per heavy atom. The van der Waals surface area contributed by atoms with Crippen LogP contribution in [0.1, 0.15) is 45.6 Å². The molecule has 9 heteroatoms. The van der Waals surface area contributed by atoms with Crippen molar-refractivity contribution >= 4 is 23.2 Å². The highest BCUT2D eigenvalue weighted by molar-refractivity contribution is 5.95. The highest BCUT2D eigenvalue weighted by Crippen LogP contribution is 2.36. The molecule has 0 aliphatic carbocycles. The number of carbonyl (C=O) groups excluding carboxylic acids is 2. The lowest BCUT2D eigenvalue weighted by Gasteiger charge is -2.31. The molecular formula is C21H32F3N4O2+. The Morgan fingerprint density at radius 2 is 1.63 bits per heavy atom. The molecule has 1 fully saturated rings. The maximum absolute atomic E-state index is 13.2. The number of anilines is 2. The van der Waals surface area contributed by atoms with E-state index in [9.17, 15) is 22.8 Å². The van der Waals surface area contributed by atoms with Gasteiger partial charge in [0, 0.05) is 18.6 Å². The van der Waals surface area contributed by atoms with Gasteiger partial charge in [0.1, 0.15) is 0 Å². The van der Waals surface area contributed by atoms with Crippen molar-refractivity contribution in [2.75, 3.05) is 43.4 Å². The number of nitrogens with zero attached hydrogens (tertiary/aromatic N) is 1. The van der Waals surface area contributed by atoms with Gasteiger partial charge in [-0.05, 0) is 58.2 Å². The summed E-state index contributed by atoms with van der Waals surface area (Å²) in [5.74, 6) is -0.630. The van der Waals surface area contributed by atoms with Crippen LogP contribution in [0.3, 0.4) is 0 Å². The van der Waals surface area contributed by atoms with Crippen molar-refractivity contribution in [3.05, 3.63) is 23.8 Å². The lowest BCUT2D eigenvalue weighted by Crippen LogP contribution is -3.11. The van der Waals surface area contributed by atoms with Crippen LogP contribution in [-0.4, -0.2) is 50.6 Å². The second-order valence-electron chi connectivity index (χ2n) is 8.93. The molecule has 0 aromatic heterocycles. The molecule has 1 aliphatic rings. The van der Waals surface area contributed by atoms with E-state index in [1.165, 1.54) is 6.07 Å². The van der Waals surface area contributed by atoms with Gasteiger partial charge in [0.2, 0.25) is 0 Å². The molecule has 0 bridgehead atoms. The van der Waals surface area contributed by atoms with Crippen molar-refractivity contribution in [3.63, 3.8) is 0 Å². The third kappa shape index (κ3) is 7.51. The Kier molecular flexibility index (Phi) is 7.74. The molecule has 1 unspecified atom stereocenters. The zero-order valence-corrected chi connectivity index (χ0v) is 18.1. The zero-order valence-electron chi connectivity index (χ0n) is 18.1. The molecule has 1 heterocycles. The molecule has 1 aliphatic heterocycles. The largest absolute Gasteiger partial charge is 0.416 e. The maximum Gasteiger partial charge on any atom is 0.416 e. The normalized spacial score (nSPS) is 16.2. The number of amides is 2. The molecule has 1 atom stereocenters. The van der Waals surface area contributed by atoms with Gasteiger partial charge in [0.15, 0.2) is 13.1 Å². The third-order valence-corrected chi connectivity index (χ3v) is 4.73. The number of piperidine rings is 1. The fourth-order valence-corrected chi connectivity index (χ4v) is 3.49. The van der Waals surface area contributed by atoms with E-state index in [1.807, 2.05) is 25.7 Å². The standard InChI is InChI=1S/C21H31F3N4O2/c1-20(2,3)26-19(30)14-27(4)13-18(29)25-16-12-15(21(22,23)24)8-9-17(16)28-10-6-5-7-11-28/h8-9,12H,5-7,10-11,13-14H2,1-4H3,(H,25,29)(H,26,30)/p+1. The van der Waals surface area contributed by atoms with Crippen LogP contribution < -0.4 is 20.4 Å². The molecule has 1 aromatic carbocycles. The minimum Gasteiger partial charge on any atom is -0.370 e. The minimum atomic E-state index is -4.49. The van der Waals surface area contributed by atoms with Crippen LogP contribution in [-0.2, 0) is 15.8 Å². The second-order valence-corrected chi connectivity index (χ2v) is 8.93. The van der Waals surface area contributed by atoms with Gasteiger partial charge in [0.25, 0.3) is 11.8 Å². The van der Waals surface area contributed by atoms with Crippen LogP contribution in [0.15, 0.2) is 18.2 Å². The van der Waals surface area contributed by atoms with E-state index >= 15 is 0 Å². The van der Waals surface area contributed by atoms with Crippen molar-refractivity contribution in [1.82, 2.24) is 5.32 Å². The van der Waals surface area contributed by atoms with Gasteiger partial charge < -0.3 is 20.4 Å². The summed E-state index contributed by atoms with van der Waals surface area (Å²) in [5, 5.41) is 5.47. The highest BCUT2D eigenvalue weighted by atomic mass is 19.4. The van der Waals surface area contributed by atoms with E-state index in [0.29, 0.717) is 10.6 Å². The van der Waals surface area contributed by atoms with E-state index in [2.05, 4.69) is 10.6 Å². The predicted molar refractivity (Wildman–Crippen MR) is 111 cm³/mol. The zero-order chi connectivity index (χ0) is 22.5. The van der Waals surface area contributed by atoms with Crippen LogP contribution in [0.2, 0.25) is 0 Å². The Balaban J connectivity index is 2.10. The Hall–Kier alpha value is -2.29. The van der Waals surface area contributed by atoms with Crippen LogP contribution in [0.4, 0.5) is 24.5 Å². The Morgan fingerprint density at radius 3 is 2.20 bits per heavy atom. The molecule has 2 amide bonds. The summed E-state index contributed by atoms with van der Waals surface area (Å²) in [6, 6.07) is 3.47. The quantitative estimate of drug-likeness (QED) is 0.649. The van der Waals surface area contributed by atoms with Gasteiger partial charge in [-0.15, -0.1) is 0 Å². The monoisotopic (exact) mass is 429 g/mol. The summed E-state index contributed by atoms with van der Waals surface area (Å²) in [6.07, 6.45) is -1.48. The smallest absolute Gasteiger partial charge is 0.370 e. The maximum atomic E-state index is 13.2. The third-order valence-electron chi connectivity index (χ3n) is 4.73. The average Bonchev–Trinajstić information content (AvgIpc) is 2.59. The first-order valence-corrected chi connectivity index (χ1v) is 10.2. The highest BCUT2D eigenvalue weighted by Gasteiger charge is 2.32. The van der Waals surface area contributed by atoms with Crippen molar-refractivity contribution < 1.29 is 27.7 Å². The molecule has 168 valence electrons. The first-order valence-electron chi connectivity index (χ1n) is 10.2. The van der Waals surface area contributed by atoms with Crippen LogP contribution in [0.25, 0.3) is 0 Å². The van der Waals surface area contributed by atoms with E-state index in [0.717, 1.165) is 44.5 Å². The second kappa shape index (κ2) is 9.68. The Labute approximate surface area is 175 Å². The van der Waals surface area contributed by atoms with Crippen molar-refractivity contribution in [2.24, 2.45) is 0 Å². The van der Waals surface area contributed by atoms with E-state index < -0.39 is 17.6 Å². The summed E-state index contributed by atoms with van der Waals surface area (Å²) >= 11 is 0. The molecule has 6 nitrogen and oxygen atoms in total. The summed E-state index contributed by atoms with van der Waals surface area (Å²) in [4.78, 5) is 27.2. The van der Waals surface area contributed by atoms with Crippen molar-refractivity contribution in [3.8, 4) is 0 Å². The van der Waals surface area contributed by atoms with Crippen molar-refractivity contribution in [2.45, 2.75) is 51.7 Å². The number of hydrogen-bond donors (Lipinski definition) is 3. The van der Waals surface area contributed by atoms with Crippen molar-refractivity contribution in [1.29, 1.82) is 0 Å². The number of hydrogen-bond acceptors (Lipinski definition) is 3. The molecule has 0 saturated carbocycles. The summed E-state index contributed by atoms with van der Waals surface area (Å²) < 4.78 is 39.6. The van der Waals surface area contributed by atoms with E-state index in [-0.39, 0.29) is 30.2 Å². The van der Waals surface area contributed by atoms with Gasteiger partial charge in [-0.1, -0.05) is 0 Å². The number of alkyl halides is 3. The molecule has 30 heavy (non-hydrogen) atoms. The average molecular weight is 430 g/mol. The van der Waals surface area contributed by atoms with Gasteiger partial charge in [-0.25, -0.2) is 0 Å². The SMILES string of the molecule is C[NH+](CC(=O)Nc1cc(C(F)(F)F)ccc1N1CCCCC1)CC(=O)NC(C)(C)C. The number of likely N-dealkylation sites (N-methyl/N-ethyl adjacent to an activating group) is 1. The number of quaternary nitrogens is 1. The molecule has 3 N–H and O–H groups in total. The van der Waals surface area contributed by atoms with Gasteiger partial charge in [-0.3, -0.25) is 9.59 Å². The minimum absolute atomic E-state index is 0.0345. The summed E-state index contributed by atoms with van der Waals surface area (Å²) in [6.45, 7) is 7.13. The van der Waals surface area contributed by atoms with Crippen LogP contribution >= 0.6 is 0 Å². The molecule has 2 rings (SSSR count). The number of benzene rings is 1. The molecule has 1 saturated heterocycles. The summed E-state index contributed by atoms with van der Waals surface area (Å²) in [7, 11) is 1.69. The summed E-state index contributed by atoms with van der Waals surface area (Å²) in [5.41, 5.74) is -0.423. The molecule has 0 radical (unpaired) electrons. The number of rotatable bonds is 6. The van der Waals surface area contributed by atoms with Crippen LogP contribution in [0.5, 0.6) is 0 Å². The molecule has 0 spiro atoms. The molecular weight excluding hydrogens is 397 g/mol. The first kappa shape index (κ1) is 24.0. The van der Waals surface area contributed by atoms with Gasteiger partial charge in [-0.2, -0.15) is 13.2 Å². The molecule has 1 aromatic rings. The fraction of sp³-hybridized carbons (Fsp3) is 0.619. The van der Waals surface area contributed by atoms with E-state index in [1.54, 1.807) is 7.05 Å². The number of halogens is 3. The Bertz CT molecular complexity index is 754. The fourth-order valence-electron chi connectivity index (χ4n) is 3.49. The van der Waals surface area contributed by atoms with Crippen LogP contribution in [0, 0.1) is 0 Å². The predicted octanol–water partition coefficient (Wildman–Crippen LogP) is 2.06. The lowest BCUT2D eigenvalue weighted by atomic mass is 10.1.